The van der Waals surface area contributed by atoms with Crippen LogP contribution >= 0.6 is 0 Å². The van der Waals surface area contributed by atoms with E-state index in [1.165, 1.54) is 12.1 Å². The first-order chi connectivity index (χ1) is 14.1. The van der Waals surface area contributed by atoms with Crippen LogP contribution in [0.15, 0.2) is 85.1 Å². The van der Waals surface area contributed by atoms with Crippen LogP contribution in [0.1, 0.15) is 21.5 Å². The van der Waals surface area contributed by atoms with Gasteiger partial charge in [-0.3, -0.25) is 14.9 Å². The van der Waals surface area contributed by atoms with Crippen molar-refractivity contribution in [1.82, 2.24) is 9.88 Å². The van der Waals surface area contributed by atoms with Crippen LogP contribution in [0.4, 0.5) is 5.69 Å². The number of carbonyl (C=O) groups excluding carboxylic acids is 1. The van der Waals surface area contributed by atoms with Gasteiger partial charge in [-0.2, -0.15) is 0 Å². The van der Waals surface area contributed by atoms with Gasteiger partial charge in [0.2, 0.25) is 0 Å². The van der Waals surface area contributed by atoms with Crippen LogP contribution in [-0.4, -0.2) is 20.7 Å². The zero-order chi connectivity index (χ0) is 20.2. The second-order valence-electron chi connectivity index (χ2n) is 6.82. The summed E-state index contributed by atoms with van der Waals surface area (Å²) in [6.45, 7) is 0.881. The molecule has 6 nitrogen and oxygen atoms in total. The summed E-state index contributed by atoms with van der Waals surface area (Å²) in [6.07, 6.45) is 1.62. The van der Waals surface area contributed by atoms with Gasteiger partial charge in [0.05, 0.1) is 10.5 Å². The molecule has 0 fully saturated rings. The summed E-state index contributed by atoms with van der Waals surface area (Å²) >= 11 is 0. The zero-order valence-electron chi connectivity index (χ0n) is 15.6. The first-order valence-electron chi connectivity index (χ1n) is 9.24. The van der Waals surface area contributed by atoms with Crippen LogP contribution in [0.3, 0.4) is 0 Å². The highest BCUT2D eigenvalue weighted by Gasteiger charge is 2.21. The van der Waals surface area contributed by atoms with Gasteiger partial charge in [0.15, 0.2) is 0 Å². The van der Waals surface area contributed by atoms with E-state index in [9.17, 15) is 14.9 Å². The van der Waals surface area contributed by atoms with Crippen molar-refractivity contribution in [2.24, 2.45) is 0 Å². The highest BCUT2D eigenvalue weighted by Crippen LogP contribution is 2.26. The van der Waals surface area contributed by atoms with E-state index in [1.54, 1.807) is 17.2 Å². The smallest absolute Gasteiger partial charge is 0.270 e. The van der Waals surface area contributed by atoms with Gasteiger partial charge in [-0.05, 0) is 17.2 Å². The molecule has 4 rings (SSSR count). The third-order valence-electron chi connectivity index (χ3n) is 4.83. The van der Waals surface area contributed by atoms with E-state index >= 15 is 0 Å². The van der Waals surface area contributed by atoms with Gasteiger partial charge in [-0.15, -0.1) is 0 Å². The summed E-state index contributed by atoms with van der Waals surface area (Å²) in [7, 11) is 0. The van der Waals surface area contributed by atoms with E-state index in [2.05, 4.69) is 4.98 Å². The molecule has 1 heterocycles. The quantitative estimate of drug-likeness (QED) is 0.378. The number of nitrogens with zero attached hydrogens (tertiary/aromatic N) is 2. The number of non-ortho nitro benzene ring substituents is 1. The molecule has 1 N–H and O–H groups in total. The average Bonchev–Trinajstić information content (AvgIpc) is 3.17. The predicted octanol–water partition coefficient (Wildman–Crippen LogP) is 4.92. The van der Waals surface area contributed by atoms with Gasteiger partial charge in [-0.25, -0.2) is 0 Å². The average molecular weight is 385 g/mol. The largest absolute Gasteiger partial charge is 0.360 e. The Morgan fingerprint density at radius 2 is 1.48 bits per heavy atom. The second kappa shape index (κ2) is 7.98. The number of nitrogens with one attached hydrogen (secondary N) is 1. The fourth-order valence-electron chi connectivity index (χ4n) is 3.38. The van der Waals surface area contributed by atoms with Crippen LogP contribution in [0.5, 0.6) is 0 Å². The lowest BCUT2D eigenvalue weighted by Crippen LogP contribution is -2.30. The predicted molar refractivity (Wildman–Crippen MR) is 111 cm³/mol. The molecule has 0 aliphatic carbocycles. The Morgan fingerprint density at radius 3 is 2.03 bits per heavy atom. The van der Waals surface area contributed by atoms with Crippen LogP contribution in [0.25, 0.3) is 10.9 Å². The topological polar surface area (TPSA) is 79.2 Å². The van der Waals surface area contributed by atoms with Crippen molar-refractivity contribution in [3.8, 4) is 0 Å². The normalized spacial score (nSPS) is 10.8. The van der Waals surface area contributed by atoms with E-state index < -0.39 is 4.92 Å². The maximum atomic E-state index is 13.4. The number of carbonyl (C=O) groups is 1. The number of nitro groups is 1. The maximum absolute atomic E-state index is 13.4. The standard InChI is InChI=1S/C23H19N3O3/c27-23(21-14-24-22-12-11-19(26(28)29)13-20(21)22)25(15-17-7-3-1-4-8-17)16-18-9-5-2-6-10-18/h1-14,24H,15-16H2. The number of hydrogen-bond donors (Lipinski definition) is 1. The molecule has 0 spiro atoms. The Kier molecular flexibility index (Phi) is 5.07. The van der Waals surface area contributed by atoms with Gasteiger partial charge in [0.1, 0.15) is 0 Å². The van der Waals surface area contributed by atoms with E-state index in [0.29, 0.717) is 29.6 Å². The molecule has 0 aliphatic heterocycles. The lowest BCUT2D eigenvalue weighted by Gasteiger charge is -2.23. The number of aromatic amines is 1. The molecule has 3 aromatic carbocycles. The number of rotatable bonds is 6. The molecule has 1 aromatic heterocycles. The van der Waals surface area contributed by atoms with Gasteiger partial charge in [0, 0.05) is 42.3 Å². The van der Waals surface area contributed by atoms with Crippen LogP contribution in [-0.2, 0) is 13.1 Å². The van der Waals surface area contributed by atoms with Gasteiger partial charge in [-0.1, -0.05) is 60.7 Å². The molecule has 0 radical (unpaired) electrons. The Labute approximate surface area is 167 Å². The summed E-state index contributed by atoms with van der Waals surface area (Å²) in [5.74, 6) is -0.176. The molecule has 144 valence electrons. The van der Waals surface area contributed by atoms with Crippen molar-refractivity contribution in [3.63, 3.8) is 0 Å². The Morgan fingerprint density at radius 1 is 0.897 bits per heavy atom. The Hall–Kier alpha value is -3.93. The molecule has 0 aliphatic rings. The van der Waals surface area contributed by atoms with E-state index in [-0.39, 0.29) is 11.6 Å². The first-order valence-corrected chi connectivity index (χ1v) is 9.24. The molecule has 0 saturated carbocycles. The summed E-state index contributed by atoms with van der Waals surface area (Å²) in [4.78, 5) is 29.0. The van der Waals surface area contributed by atoms with Crippen molar-refractivity contribution in [2.75, 3.05) is 0 Å². The summed E-state index contributed by atoms with van der Waals surface area (Å²) < 4.78 is 0. The summed E-state index contributed by atoms with van der Waals surface area (Å²) in [5, 5.41) is 11.7. The Balaban J connectivity index is 1.71. The van der Waals surface area contributed by atoms with Gasteiger partial charge in [0.25, 0.3) is 11.6 Å². The molecular weight excluding hydrogens is 366 g/mol. The Bertz CT molecular complexity index is 1110. The first kappa shape index (κ1) is 18.4. The van der Waals surface area contributed by atoms with E-state index in [0.717, 1.165) is 11.1 Å². The number of fused-ring (bicyclic) bond motifs is 1. The highest BCUT2D eigenvalue weighted by molar-refractivity contribution is 6.07. The van der Waals surface area contributed by atoms with Crippen LogP contribution in [0, 0.1) is 10.1 Å². The van der Waals surface area contributed by atoms with E-state index in [4.69, 9.17) is 0 Å². The molecule has 4 aromatic rings. The molecule has 0 bridgehead atoms. The minimum absolute atomic E-state index is 0.0381. The summed E-state index contributed by atoms with van der Waals surface area (Å²) in [5.41, 5.74) is 3.11. The van der Waals surface area contributed by atoms with Crippen LogP contribution in [0.2, 0.25) is 0 Å². The number of H-pyrrole nitrogens is 1. The number of benzene rings is 3. The van der Waals surface area contributed by atoms with Crippen molar-refractivity contribution >= 4 is 22.5 Å². The molecule has 0 saturated heterocycles. The molecule has 0 atom stereocenters. The minimum atomic E-state index is -0.452. The van der Waals surface area contributed by atoms with Crippen LogP contribution < -0.4 is 0 Å². The number of hydrogen-bond acceptors (Lipinski definition) is 3. The maximum Gasteiger partial charge on any atom is 0.270 e. The number of amides is 1. The van der Waals surface area contributed by atoms with Crippen molar-refractivity contribution in [2.45, 2.75) is 13.1 Å². The van der Waals surface area contributed by atoms with Crippen molar-refractivity contribution in [3.05, 3.63) is 112 Å². The third kappa shape index (κ3) is 4.01. The second-order valence-corrected chi connectivity index (χ2v) is 6.82. The highest BCUT2D eigenvalue weighted by atomic mass is 16.6. The van der Waals surface area contributed by atoms with Crippen molar-refractivity contribution in [1.29, 1.82) is 0 Å². The molecule has 1 amide bonds. The molecule has 29 heavy (non-hydrogen) atoms. The number of aromatic nitrogens is 1. The zero-order valence-corrected chi connectivity index (χ0v) is 15.6. The molecule has 6 heteroatoms. The van der Waals surface area contributed by atoms with Crippen molar-refractivity contribution < 1.29 is 9.72 Å². The lowest BCUT2D eigenvalue weighted by molar-refractivity contribution is -0.384. The van der Waals surface area contributed by atoms with Gasteiger partial charge < -0.3 is 9.88 Å². The molecule has 0 unspecified atom stereocenters. The summed E-state index contributed by atoms with van der Waals surface area (Å²) in [6, 6.07) is 24.0. The monoisotopic (exact) mass is 385 g/mol. The lowest BCUT2D eigenvalue weighted by atomic mass is 10.1. The van der Waals surface area contributed by atoms with Gasteiger partial charge >= 0.3 is 0 Å². The fraction of sp³-hybridized carbons (Fsp3) is 0.0870. The fourth-order valence-corrected chi connectivity index (χ4v) is 3.38. The number of nitro benzene ring substituents is 1. The SMILES string of the molecule is O=C(c1c[nH]c2ccc([N+](=O)[O-])cc12)N(Cc1ccccc1)Cc1ccccc1. The third-order valence-corrected chi connectivity index (χ3v) is 4.83. The minimum Gasteiger partial charge on any atom is -0.360 e. The molecular formula is C23H19N3O3. The van der Waals surface area contributed by atoms with E-state index in [1.807, 2.05) is 60.7 Å².